The van der Waals surface area contributed by atoms with Crippen LogP contribution in [0.25, 0.3) is 5.57 Å². The molecule has 2 aliphatic rings. The zero-order chi connectivity index (χ0) is 32.1. The second-order valence-electron chi connectivity index (χ2n) is 14.5. The summed E-state index contributed by atoms with van der Waals surface area (Å²) in [5.41, 5.74) is 8.94. The zero-order valence-corrected chi connectivity index (χ0v) is 35.7. The van der Waals surface area contributed by atoms with Gasteiger partial charge in [0.15, 0.2) is 0 Å². The molecule has 0 radical (unpaired) electrons. The average molecular weight is 733 g/mol. The molecule has 0 bridgehead atoms. The van der Waals surface area contributed by atoms with Gasteiger partial charge in [-0.15, -0.1) is 5.46 Å². The molecule has 0 aromatic heterocycles. The quantitative estimate of drug-likeness (QED) is 0.348. The number of aliphatic hydroxyl groups excluding tert-OH is 2. The van der Waals surface area contributed by atoms with E-state index in [4.69, 9.17) is 10.2 Å². The van der Waals surface area contributed by atoms with Crippen LogP contribution in [0, 0.1) is 0 Å². The molecule has 2 N–H and O–H groups in total. The predicted octanol–water partition coefficient (Wildman–Crippen LogP) is 0.208. The molecule has 4 nitrogen and oxygen atoms in total. The van der Waals surface area contributed by atoms with E-state index in [1.165, 1.54) is 40.7 Å². The Kier molecular flexibility index (Phi) is 18.6. The Balaban J connectivity index is 0.000000687. The Hall–Kier alpha value is 0.555. The molecule has 0 saturated carbocycles. The Morgan fingerprint density at radius 3 is 1.43 bits per heavy atom. The molecule has 4 rings (SSSR count). The SMILES string of the molecule is C/C(=C/CO)c1ccc2c(c1)C(C)(C)CCC2(C)C.C/C(I)=C/CO.CC1(C)CCC(C)(C)c2cc(B([O-])[O-])ccc21.[Na+].[Na+]. The molecular weight excluding hydrogens is 680 g/mol. The van der Waals surface area contributed by atoms with E-state index in [-0.39, 0.29) is 94.0 Å². The maximum absolute atomic E-state index is 11.0. The molecule has 0 heterocycles. The molecule has 0 unspecified atom stereocenters. The van der Waals surface area contributed by atoms with Crippen molar-refractivity contribution in [3.8, 4) is 0 Å². The summed E-state index contributed by atoms with van der Waals surface area (Å²) >= 11 is 2.14. The molecule has 232 valence electrons. The first kappa shape index (κ1) is 44.6. The van der Waals surface area contributed by atoms with Crippen LogP contribution in [0.15, 0.2) is 52.1 Å². The van der Waals surface area contributed by atoms with Crippen molar-refractivity contribution >= 4 is 40.7 Å². The van der Waals surface area contributed by atoms with Crippen LogP contribution in [0.1, 0.15) is 123 Å². The number of halogens is 1. The van der Waals surface area contributed by atoms with Crippen LogP contribution in [0.4, 0.5) is 0 Å². The molecule has 2 aromatic rings. The number of rotatable bonds is 4. The van der Waals surface area contributed by atoms with Gasteiger partial charge < -0.3 is 20.3 Å². The number of benzene rings is 2. The van der Waals surface area contributed by atoms with Gasteiger partial charge in [0.1, 0.15) is 0 Å². The van der Waals surface area contributed by atoms with E-state index in [2.05, 4.69) is 103 Å². The zero-order valence-electron chi connectivity index (χ0n) is 29.5. The smallest absolute Gasteiger partial charge is 0.889 e. The third-order valence-electron chi connectivity index (χ3n) is 9.23. The van der Waals surface area contributed by atoms with E-state index in [0.717, 1.165) is 22.0 Å². The third kappa shape index (κ3) is 11.9. The first-order chi connectivity index (χ1) is 19.3. The van der Waals surface area contributed by atoms with E-state index < -0.39 is 7.12 Å². The molecule has 2 aliphatic carbocycles. The number of hydrogen-bond donors (Lipinski definition) is 2. The Bertz CT molecular complexity index is 1280. The Morgan fingerprint density at radius 1 is 0.682 bits per heavy atom. The van der Waals surface area contributed by atoms with Gasteiger partial charge in [-0.3, -0.25) is 0 Å². The molecule has 0 aliphatic heterocycles. The van der Waals surface area contributed by atoms with Crippen molar-refractivity contribution in [2.24, 2.45) is 0 Å². The van der Waals surface area contributed by atoms with Crippen LogP contribution in [0.5, 0.6) is 0 Å². The summed E-state index contributed by atoms with van der Waals surface area (Å²) in [6.07, 6.45) is 8.35. The van der Waals surface area contributed by atoms with Gasteiger partial charge in [0.25, 0.3) is 0 Å². The summed E-state index contributed by atoms with van der Waals surface area (Å²) in [4.78, 5) is 0. The fourth-order valence-electron chi connectivity index (χ4n) is 5.97. The van der Waals surface area contributed by atoms with Crippen molar-refractivity contribution in [3.63, 3.8) is 0 Å². The maximum atomic E-state index is 11.0. The van der Waals surface area contributed by atoms with Gasteiger partial charge in [-0.05, 0) is 121 Å². The molecule has 8 heteroatoms. The van der Waals surface area contributed by atoms with Crippen LogP contribution >= 0.6 is 22.6 Å². The Labute approximate surface area is 326 Å². The molecule has 0 spiro atoms. The maximum Gasteiger partial charge on any atom is 1.00 e. The second-order valence-corrected chi connectivity index (χ2v) is 16.2. The van der Waals surface area contributed by atoms with Crippen molar-refractivity contribution in [1.29, 1.82) is 0 Å². The number of allylic oxidation sites excluding steroid dienone is 2. The van der Waals surface area contributed by atoms with Gasteiger partial charge in [0.2, 0.25) is 0 Å². The summed E-state index contributed by atoms with van der Waals surface area (Å²) in [5, 5.41) is 39.3. The van der Waals surface area contributed by atoms with Crippen LogP contribution < -0.4 is 74.6 Å². The third-order valence-corrected chi connectivity index (χ3v) is 9.67. The van der Waals surface area contributed by atoms with Gasteiger partial charge in [-0.2, -0.15) is 0 Å². The van der Waals surface area contributed by atoms with E-state index >= 15 is 0 Å². The minimum atomic E-state index is -1.87. The number of hydrogen-bond acceptors (Lipinski definition) is 4. The topological polar surface area (TPSA) is 86.6 Å². The summed E-state index contributed by atoms with van der Waals surface area (Å²) in [5.74, 6) is 0. The number of fused-ring (bicyclic) bond motifs is 2. The van der Waals surface area contributed by atoms with Crippen molar-refractivity contribution in [1.82, 2.24) is 0 Å². The molecule has 2 aromatic carbocycles. The van der Waals surface area contributed by atoms with Crippen molar-refractivity contribution in [3.05, 3.63) is 79.9 Å². The Morgan fingerprint density at radius 2 is 1.07 bits per heavy atom. The van der Waals surface area contributed by atoms with Crippen molar-refractivity contribution in [2.75, 3.05) is 13.2 Å². The fourth-order valence-corrected chi connectivity index (χ4v) is 6.16. The minimum absolute atomic E-state index is 0. The van der Waals surface area contributed by atoms with Gasteiger partial charge in [-0.25, -0.2) is 0 Å². The largest absolute Gasteiger partial charge is 1.00 e. The first-order valence-electron chi connectivity index (χ1n) is 15.1. The minimum Gasteiger partial charge on any atom is -0.889 e. The molecule has 0 atom stereocenters. The average Bonchev–Trinajstić information content (AvgIpc) is 2.90. The van der Waals surface area contributed by atoms with Gasteiger partial charge in [0.05, 0.1) is 13.2 Å². The van der Waals surface area contributed by atoms with Gasteiger partial charge in [0, 0.05) is 0 Å². The summed E-state index contributed by atoms with van der Waals surface area (Å²) in [6.45, 7) is 22.5. The first-order valence-corrected chi connectivity index (χ1v) is 16.2. The monoisotopic (exact) mass is 732 g/mol. The van der Waals surface area contributed by atoms with Crippen LogP contribution in [0.2, 0.25) is 0 Å². The van der Waals surface area contributed by atoms with E-state index in [9.17, 15) is 10.0 Å². The van der Waals surface area contributed by atoms with Crippen LogP contribution in [0.3, 0.4) is 0 Å². The molecule has 0 saturated heterocycles. The number of aliphatic hydroxyl groups is 2. The van der Waals surface area contributed by atoms with Crippen molar-refractivity contribution in [2.45, 2.75) is 117 Å². The second kappa shape index (κ2) is 18.4. The normalized spacial score (nSPS) is 18.8. The van der Waals surface area contributed by atoms with Gasteiger partial charge >= 0.3 is 59.1 Å². The van der Waals surface area contributed by atoms with Crippen molar-refractivity contribution < 1.29 is 79.4 Å². The van der Waals surface area contributed by atoms with Crippen LogP contribution in [-0.4, -0.2) is 30.5 Å². The summed E-state index contributed by atoms with van der Waals surface area (Å²) < 4.78 is 1.13. The van der Waals surface area contributed by atoms with E-state index in [1.54, 1.807) is 12.1 Å². The molecule has 0 amide bonds. The van der Waals surface area contributed by atoms with Crippen LogP contribution in [-0.2, 0) is 21.7 Å². The fraction of sp³-hybridized carbons (Fsp3) is 0.556. The van der Waals surface area contributed by atoms with Gasteiger partial charge in [-0.1, -0.05) is 111 Å². The molecule has 44 heavy (non-hydrogen) atoms. The summed E-state index contributed by atoms with van der Waals surface area (Å²) in [7, 11) is -1.87. The van der Waals surface area contributed by atoms with E-state index in [1.807, 2.05) is 25.1 Å². The summed E-state index contributed by atoms with van der Waals surface area (Å²) in [6, 6.07) is 12.3. The standard InChI is InChI=1S/C18H26O.C14H19BO2.C4H7IO.2Na/c1-13(8-11-19)14-6-7-15-16(12-14)18(4,5)10-9-17(15,2)3;1-13(2)7-8-14(3,4)12-9-10(15(16)17)5-6-11(12)13;1-4(5)2-3-6;;/h6-8,12,19H,9-11H2,1-5H3;5-6,9H,7-8H2,1-4H3;2,6H,3H2,1H3;;/q;-2;;2*+1/b13-8-;;4-2-;;. The molecular formula is C36H52BINa2O4. The van der Waals surface area contributed by atoms with E-state index in [0.29, 0.717) is 5.46 Å². The predicted molar refractivity (Wildman–Crippen MR) is 184 cm³/mol. The molecule has 0 fully saturated rings.